The Hall–Kier alpha value is -3.58. The first-order valence-corrected chi connectivity index (χ1v) is 12.8. The standard InChI is InChI=1S/C27H26N2O4S/c1-3-32-23-12-10-21(11-13-23)25-28-26(34(30,31)24-14-8-19(2)9-15-24)27(33-25)29-17-16-20-6-4-5-7-22(20)18-29/h4-15H,3,16-18H2,1-2H3. The molecule has 0 radical (unpaired) electrons. The minimum atomic E-state index is -3.89. The van der Waals surface area contributed by atoms with Gasteiger partial charge >= 0.3 is 0 Å². The van der Waals surface area contributed by atoms with Gasteiger partial charge in [-0.1, -0.05) is 42.0 Å². The van der Waals surface area contributed by atoms with E-state index in [0.29, 0.717) is 25.3 Å². The number of hydrogen-bond donors (Lipinski definition) is 0. The molecule has 0 N–H and O–H groups in total. The summed E-state index contributed by atoms with van der Waals surface area (Å²) >= 11 is 0. The molecule has 0 spiro atoms. The number of anilines is 1. The number of sulfone groups is 1. The Labute approximate surface area is 199 Å². The van der Waals surface area contributed by atoms with E-state index in [0.717, 1.165) is 23.3 Å². The van der Waals surface area contributed by atoms with Gasteiger partial charge in [-0.25, -0.2) is 8.42 Å². The Bertz CT molecular complexity index is 1410. The van der Waals surface area contributed by atoms with Gasteiger partial charge < -0.3 is 14.1 Å². The van der Waals surface area contributed by atoms with Gasteiger partial charge in [0.1, 0.15) is 5.75 Å². The topological polar surface area (TPSA) is 72.6 Å². The molecule has 3 aromatic carbocycles. The fourth-order valence-electron chi connectivity index (χ4n) is 4.15. The second kappa shape index (κ2) is 8.99. The van der Waals surface area contributed by atoms with Crippen LogP contribution in [0.3, 0.4) is 0 Å². The number of benzene rings is 3. The molecule has 6 nitrogen and oxygen atoms in total. The second-order valence-corrected chi connectivity index (χ2v) is 10.2. The van der Waals surface area contributed by atoms with Crippen molar-refractivity contribution in [2.45, 2.75) is 36.7 Å². The van der Waals surface area contributed by atoms with E-state index in [1.165, 1.54) is 5.56 Å². The van der Waals surface area contributed by atoms with E-state index in [1.54, 1.807) is 24.3 Å². The fourth-order valence-corrected chi connectivity index (χ4v) is 5.48. The molecule has 1 aliphatic heterocycles. The maximum atomic E-state index is 13.7. The highest BCUT2D eigenvalue weighted by Gasteiger charge is 2.32. The molecule has 0 atom stereocenters. The predicted molar refractivity (Wildman–Crippen MR) is 131 cm³/mol. The van der Waals surface area contributed by atoms with Crippen molar-refractivity contribution in [3.8, 4) is 17.2 Å². The smallest absolute Gasteiger partial charge is 0.236 e. The molecule has 0 amide bonds. The maximum absolute atomic E-state index is 13.7. The van der Waals surface area contributed by atoms with Crippen LogP contribution in [0.15, 0.2) is 87.1 Å². The summed E-state index contributed by atoms with van der Waals surface area (Å²) in [5, 5.41) is -0.0559. The highest BCUT2D eigenvalue weighted by Crippen LogP contribution is 2.37. The molecule has 1 aromatic heterocycles. The average Bonchev–Trinajstić information content (AvgIpc) is 3.31. The number of aryl methyl sites for hydroxylation is 1. The van der Waals surface area contributed by atoms with Gasteiger partial charge in [-0.05, 0) is 67.8 Å². The lowest BCUT2D eigenvalue weighted by atomic mass is 10.0. The van der Waals surface area contributed by atoms with Crippen LogP contribution in [0.4, 0.5) is 5.88 Å². The minimum Gasteiger partial charge on any atom is -0.494 e. The molecule has 34 heavy (non-hydrogen) atoms. The van der Waals surface area contributed by atoms with E-state index < -0.39 is 9.84 Å². The Morgan fingerprint density at radius 1 is 0.971 bits per heavy atom. The summed E-state index contributed by atoms with van der Waals surface area (Å²) in [6, 6.07) is 22.3. The molecule has 174 valence electrons. The number of oxazole rings is 1. The van der Waals surface area contributed by atoms with Gasteiger partial charge in [0, 0.05) is 18.7 Å². The predicted octanol–water partition coefficient (Wildman–Crippen LogP) is 5.44. The Balaban J connectivity index is 1.60. The molecule has 0 saturated heterocycles. The zero-order valence-electron chi connectivity index (χ0n) is 19.2. The maximum Gasteiger partial charge on any atom is 0.236 e. The molecule has 0 bridgehead atoms. The van der Waals surface area contributed by atoms with Crippen molar-refractivity contribution in [1.82, 2.24) is 4.98 Å². The summed E-state index contributed by atoms with van der Waals surface area (Å²) < 4.78 is 39.0. The zero-order valence-corrected chi connectivity index (χ0v) is 20.0. The number of hydrogen-bond acceptors (Lipinski definition) is 6. The third-order valence-corrected chi connectivity index (χ3v) is 7.66. The quantitative estimate of drug-likeness (QED) is 0.370. The molecule has 0 saturated carbocycles. The van der Waals surface area contributed by atoms with Crippen molar-refractivity contribution in [3.63, 3.8) is 0 Å². The molecule has 1 aliphatic rings. The molecule has 7 heteroatoms. The lowest BCUT2D eigenvalue weighted by Gasteiger charge is -2.28. The largest absolute Gasteiger partial charge is 0.494 e. The molecule has 0 unspecified atom stereocenters. The first-order chi connectivity index (χ1) is 16.5. The Kier molecular flexibility index (Phi) is 5.87. The number of aromatic nitrogens is 1. The minimum absolute atomic E-state index is 0.0559. The lowest BCUT2D eigenvalue weighted by Crippen LogP contribution is -2.31. The van der Waals surface area contributed by atoms with Crippen molar-refractivity contribution >= 4 is 15.7 Å². The SMILES string of the molecule is CCOc1ccc(-c2nc(S(=O)(=O)c3ccc(C)cc3)c(N3CCc4ccccc4C3)o2)cc1. The summed E-state index contributed by atoms with van der Waals surface area (Å²) in [5.41, 5.74) is 4.11. The van der Waals surface area contributed by atoms with Crippen LogP contribution in [0.1, 0.15) is 23.6 Å². The van der Waals surface area contributed by atoms with E-state index in [1.807, 2.05) is 55.1 Å². The van der Waals surface area contributed by atoms with Gasteiger partial charge in [0.15, 0.2) is 0 Å². The lowest BCUT2D eigenvalue weighted by molar-refractivity contribution is 0.340. The number of rotatable bonds is 6. The van der Waals surface area contributed by atoms with Gasteiger partial charge in [0.05, 0.1) is 11.5 Å². The summed E-state index contributed by atoms with van der Waals surface area (Å²) in [5.74, 6) is 1.28. The molecular weight excluding hydrogens is 448 g/mol. The Morgan fingerprint density at radius 2 is 1.68 bits per heavy atom. The van der Waals surface area contributed by atoms with E-state index in [2.05, 4.69) is 17.1 Å². The third kappa shape index (κ3) is 4.19. The van der Waals surface area contributed by atoms with E-state index in [9.17, 15) is 8.42 Å². The van der Waals surface area contributed by atoms with Crippen molar-refractivity contribution in [3.05, 3.63) is 89.5 Å². The highest BCUT2D eigenvalue weighted by atomic mass is 32.2. The zero-order chi connectivity index (χ0) is 23.7. The fraction of sp³-hybridized carbons (Fsp3) is 0.222. The van der Waals surface area contributed by atoms with E-state index >= 15 is 0 Å². The number of ether oxygens (including phenoxy) is 1. The van der Waals surface area contributed by atoms with Gasteiger partial charge in [-0.2, -0.15) is 4.98 Å². The van der Waals surface area contributed by atoms with Crippen LogP contribution in [-0.2, 0) is 22.8 Å². The van der Waals surface area contributed by atoms with Crippen LogP contribution in [0, 0.1) is 6.92 Å². The van der Waals surface area contributed by atoms with Crippen molar-refractivity contribution in [2.24, 2.45) is 0 Å². The van der Waals surface area contributed by atoms with E-state index in [-0.39, 0.29) is 21.7 Å². The Morgan fingerprint density at radius 3 is 2.38 bits per heavy atom. The van der Waals surface area contributed by atoms with Gasteiger partial charge in [0.25, 0.3) is 0 Å². The van der Waals surface area contributed by atoms with E-state index in [4.69, 9.17) is 9.15 Å². The molecular formula is C27H26N2O4S. The monoisotopic (exact) mass is 474 g/mol. The van der Waals surface area contributed by atoms with Gasteiger partial charge in [-0.3, -0.25) is 0 Å². The molecule has 5 rings (SSSR count). The van der Waals surface area contributed by atoms with Crippen molar-refractivity contribution in [1.29, 1.82) is 0 Å². The highest BCUT2D eigenvalue weighted by molar-refractivity contribution is 7.91. The number of fused-ring (bicyclic) bond motifs is 1. The first kappa shape index (κ1) is 22.2. The van der Waals surface area contributed by atoms with Crippen molar-refractivity contribution < 1.29 is 17.6 Å². The average molecular weight is 475 g/mol. The molecule has 2 heterocycles. The van der Waals surface area contributed by atoms with Crippen LogP contribution in [0.25, 0.3) is 11.5 Å². The number of nitrogens with zero attached hydrogens (tertiary/aromatic N) is 2. The summed E-state index contributed by atoms with van der Waals surface area (Å²) in [4.78, 5) is 6.68. The van der Waals surface area contributed by atoms with Gasteiger partial charge in [0.2, 0.25) is 26.6 Å². The molecule has 0 fully saturated rings. The molecule has 4 aromatic rings. The summed E-state index contributed by atoms with van der Waals surface area (Å²) in [7, 11) is -3.89. The third-order valence-electron chi connectivity index (χ3n) is 6.00. The normalized spacial score (nSPS) is 13.5. The first-order valence-electron chi connectivity index (χ1n) is 11.3. The summed E-state index contributed by atoms with van der Waals surface area (Å²) in [6.07, 6.45) is 0.805. The van der Waals surface area contributed by atoms with Crippen LogP contribution < -0.4 is 9.64 Å². The summed E-state index contributed by atoms with van der Waals surface area (Å²) in [6.45, 7) is 5.62. The van der Waals surface area contributed by atoms with Crippen LogP contribution in [-0.4, -0.2) is 26.6 Å². The van der Waals surface area contributed by atoms with Crippen LogP contribution >= 0.6 is 0 Å². The van der Waals surface area contributed by atoms with Crippen molar-refractivity contribution in [2.75, 3.05) is 18.1 Å². The van der Waals surface area contributed by atoms with Crippen LogP contribution in [0.2, 0.25) is 0 Å². The van der Waals surface area contributed by atoms with Crippen LogP contribution in [0.5, 0.6) is 5.75 Å². The van der Waals surface area contributed by atoms with Gasteiger partial charge in [-0.15, -0.1) is 0 Å². The molecule has 0 aliphatic carbocycles. The second-order valence-electron chi connectivity index (χ2n) is 8.34.